The molecule has 0 amide bonds. The number of furan rings is 1. The molecule has 0 N–H and O–H groups in total. The zero-order chi connectivity index (χ0) is 33.5. The monoisotopic (exact) mass is 646 g/mol. The highest BCUT2D eigenvalue weighted by molar-refractivity contribution is 6.30. The summed E-state index contributed by atoms with van der Waals surface area (Å²) in [6.45, 7) is 0. The van der Waals surface area contributed by atoms with Crippen molar-refractivity contribution in [3.63, 3.8) is 0 Å². The highest BCUT2D eigenvalue weighted by Gasteiger charge is 2.16. The lowest BCUT2D eigenvalue weighted by Gasteiger charge is -2.14. The van der Waals surface area contributed by atoms with Gasteiger partial charge in [-0.1, -0.05) is 158 Å². The van der Waals surface area contributed by atoms with Gasteiger partial charge in [0.15, 0.2) is 0 Å². The van der Waals surface area contributed by atoms with E-state index < -0.39 is 0 Å². The minimum absolute atomic E-state index is 0.925. The minimum Gasteiger partial charge on any atom is -0.456 e. The van der Waals surface area contributed by atoms with E-state index in [9.17, 15) is 0 Å². The molecule has 1 heteroatoms. The first-order chi connectivity index (χ1) is 25.3. The van der Waals surface area contributed by atoms with Gasteiger partial charge in [0.05, 0.1) is 0 Å². The Morgan fingerprint density at radius 3 is 1.51 bits per heavy atom. The first-order valence-corrected chi connectivity index (χ1v) is 17.6. The van der Waals surface area contributed by atoms with Crippen molar-refractivity contribution in [3.05, 3.63) is 182 Å². The molecule has 0 aliphatic carbocycles. The minimum atomic E-state index is 0.925. The average molecular weight is 647 g/mol. The summed E-state index contributed by atoms with van der Waals surface area (Å²) in [6.07, 6.45) is 0. The van der Waals surface area contributed by atoms with Crippen molar-refractivity contribution in [2.45, 2.75) is 0 Å². The zero-order valence-electron chi connectivity index (χ0n) is 27.7. The second kappa shape index (κ2) is 10.9. The van der Waals surface area contributed by atoms with Crippen LogP contribution in [-0.2, 0) is 0 Å². The van der Waals surface area contributed by atoms with Gasteiger partial charge in [-0.15, -0.1) is 0 Å². The molecule has 1 aromatic heterocycles. The molecule has 0 atom stereocenters. The molecule has 51 heavy (non-hydrogen) atoms. The SMILES string of the molecule is c1ccc(-c2ccc(-c3ccc(-c4ccc5c(c4)c4ccccc4c4cc6c(cc54)oc4ccc5ccccc5c46)cc3)c3ccccc23)cc1. The fraction of sp³-hybridized carbons (Fsp3) is 0. The molecular formula is C50H30O. The number of hydrogen-bond donors (Lipinski definition) is 0. The summed E-state index contributed by atoms with van der Waals surface area (Å²) in [5.74, 6) is 0. The van der Waals surface area contributed by atoms with E-state index in [-0.39, 0.29) is 0 Å². The molecule has 10 aromatic carbocycles. The molecule has 0 radical (unpaired) electrons. The van der Waals surface area contributed by atoms with Crippen LogP contribution in [-0.4, -0.2) is 0 Å². The molecule has 11 rings (SSSR count). The van der Waals surface area contributed by atoms with Crippen LogP contribution in [0, 0.1) is 0 Å². The van der Waals surface area contributed by atoms with Crippen molar-refractivity contribution in [2.24, 2.45) is 0 Å². The summed E-state index contributed by atoms with van der Waals surface area (Å²) in [5, 5.41) is 14.8. The summed E-state index contributed by atoms with van der Waals surface area (Å²) in [5.41, 5.74) is 9.23. The molecule has 0 spiro atoms. The Labute approximate surface area is 294 Å². The normalized spacial score (nSPS) is 11.9. The first kappa shape index (κ1) is 28.2. The third kappa shape index (κ3) is 4.28. The second-order valence-electron chi connectivity index (χ2n) is 13.6. The van der Waals surface area contributed by atoms with Gasteiger partial charge in [-0.25, -0.2) is 0 Å². The predicted molar refractivity (Wildman–Crippen MR) is 218 cm³/mol. The highest BCUT2D eigenvalue weighted by Crippen LogP contribution is 2.43. The standard InChI is InChI=1S/C50H30O/c1-2-10-32(11-3-1)36-25-26-37(40-15-7-6-14-39(36)40)34-20-18-31(19-21-34)35-22-24-43-44(28-35)41-16-8-9-17-42(41)45-29-47-49(30-46(43)45)51-48-27-23-33-12-4-5-13-38(33)50(47)48/h1-30H. The lowest BCUT2D eigenvalue weighted by atomic mass is 9.90. The van der Waals surface area contributed by atoms with Crippen LogP contribution >= 0.6 is 0 Å². The molecule has 0 aliphatic rings. The van der Waals surface area contributed by atoms with Gasteiger partial charge in [-0.05, 0) is 112 Å². The van der Waals surface area contributed by atoms with Crippen LogP contribution in [0.5, 0.6) is 0 Å². The molecule has 0 aliphatic heterocycles. The fourth-order valence-electron chi connectivity index (χ4n) is 8.44. The molecule has 236 valence electrons. The zero-order valence-corrected chi connectivity index (χ0v) is 27.7. The topological polar surface area (TPSA) is 13.1 Å². The van der Waals surface area contributed by atoms with E-state index in [2.05, 4.69) is 182 Å². The van der Waals surface area contributed by atoms with Crippen LogP contribution in [0.3, 0.4) is 0 Å². The largest absolute Gasteiger partial charge is 0.456 e. The van der Waals surface area contributed by atoms with E-state index in [0.717, 1.165) is 16.6 Å². The summed E-state index contributed by atoms with van der Waals surface area (Å²) in [6, 6.07) is 66.2. The van der Waals surface area contributed by atoms with Gasteiger partial charge in [0.25, 0.3) is 0 Å². The average Bonchev–Trinajstić information content (AvgIpc) is 3.58. The summed E-state index contributed by atoms with van der Waals surface area (Å²) >= 11 is 0. The maximum Gasteiger partial charge on any atom is 0.136 e. The van der Waals surface area contributed by atoms with E-state index in [0.29, 0.717) is 0 Å². The third-order valence-corrected chi connectivity index (χ3v) is 10.9. The van der Waals surface area contributed by atoms with Gasteiger partial charge in [0, 0.05) is 10.8 Å². The van der Waals surface area contributed by atoms with Crippen LogP contribution in [0.2, 0.25) is 0 Å². The smallest absolute Gasteiger partial charge is 0.136 e. The van der Waals surface area contributed by atoms with Crippen molar-refractivity contribution in [2.75, 3.05) is 0 Å². The van der Waals surface area contributed by atoms with Gasteiger partial charge in [-0.2, -0.15) is 0 Å². The predicted octanol–water partition coefficient (Wildman–Crippen LogP) is 14.4. The Kier molecular flexibility index (Phi) is 6.02. The molecular weight excluding hydrogens is 617 g/mol. The van der Waals surface area contributed by atoms with Crippen LogP contribution in [0.1, 0.15) is 0 Å². The fourth-order valence-corrected chi connectivity index (χ4v) is 8.44. The lowest BCUT2D eigenvalue weighted by Crippen LogP contribution is -1.87. The summed E-state index contributed by atoms with van der Waals surface area (Å²) in [7, 11) is 0. The Bertz CT molecular complexity index is 3170. The van der Waals surface area contributed by atoms with Gasteiger partial charge < -0.3 is 4.42 Å². The van der Waals surface area contributed by atoms with Gasteiger partial charge in [-0.3, -0.25) is 0 Å². The van der Waals surface area contributed by atoms with Crippen LogP contribution in [0.15, 0.2) is 186 Å². The Balaban J connectivity index is 1.05. The maximum absolute atomic E-state index is 6.53. The molecule has 0 saturated carbocycles. The molecule has 1 heterocycles. The van der Waals surface area contributed by atoms with E-state index >= 15 is 0 Å². The lowest BCUT2D eigenvalue weighted by molar-refractivity contribution is 0.670. The molecule has 0 bridgehead atoms. The quantitative estimate of drug-likeness (QED) is 0.174. The van der Waals surface area contributed by atoms with Crippen LogP contribution in [0.4, 0.5) is 0 Å². The Morgan fingerprint density at radius 1 is 0.255 bits per heavy atom. The van der Waals surface area contributed by atoms with Crippen LogP contribution < -0.4 is 0 Å². The molecule has 0 saturated heterocycles. The van der Waals surface area contributed by atoms with Gasteiger partial charge >= 0.3 is 0 Å². The second-order valence-corrected chi connectivity index (χ2v) is 13.6. The van der Waals surface area contributed by atoms with E-state index in [1.807, 2.05) is 0 Å². The third-order valence-electron chi connectivity index (χ3n) is 10.9. The van der Waals surface area contributed by atoms with Crippen molar-refractivity contribution in [3.8, 4) is 33.4 Å². The molecule has 1 nitrogen and oxygen atoms in total. The maximum atomic E-state index is 6.53. The number of fused-ring (bicyclic) bond motifs is 12. The Morgan fingerprint density at radius 2 is 0.784 bits per heavy atom. The molecule has 11 aromatic rings. The van der Waals surface area contributed by atoms with Crippen molar-refractivity contribution < 1.29 is 4.42 Å². The van der Waals surface area contributed by atoms with Gasteiger partial charge in [0.1, 0.15) is 11.2 Å². The molecule has 0 fully saturated rings. The number of hydrogen-bond acceptors (Lipinski definition) is 1. The van der Waals surface area contributed by atoms with E-state index in [1.165, 1.54) is 92.6 Å². The Hall–Kier alpha value is -6.70. The first-order valence-electron chi connectivity index (χ1n) is 17.6. The van der Waals surface area contributed by atoms with Crippen LogP contribution in [0.25, 0.3) is 109 Å². The summed E-state index contributed by atoms with van der Waals surface area (Å²) < 4.78 is 6.53. The number of rotatable bonds is 3. The van der Waals surface area contributed by atoms with Gasteiger partial charge in [0.2, 0.25) is 0 Å². The van der Waals surface area contributed by atoms with Crippen molar-refractivity contribution in [1.29, 1.82) is 0 Å². The highest BCUT2D eigenvalue weighted by atomic mass is 16.3. The van der Waals surface area contributed by atoms with Crippen molar-refractivity contribution in [1.82, 2.24) is 0 Å². The van der Waals surface area contributed by atoms with Crippen molar-refractivity contribution >= 4 is 75.8 Å². The number of benzene rings is 10. The van der Waals surface area contributed by atoms with E-state index in [4.69, 9.17) is 4.42 Å². The van der Waals surface area contributed by atoms with E-state index in [1.54, 1.807) is 0 Å². The summed E-state index contributed by atoms with van der Waals surface area (Å²) in [4.78, 5) is 0. The molecule has 0 unspecified atom stereocenters.